The lowest BCUT2D eigenvalue weighted by molar-refractivity contribution is -0.151. The Morgan fingerprint density at radius 1 is 0.960 bits per heavy atom. The number of ether oxygens (including phenoxy) is 2. The van der Waals surface area contributed by atoms with Gasteiger partial charge in [-0.25, -0.2) is 14.6 Å². The van der Waals surface area contributed by atoms with Gasteiger partial charge in [-0.1, -0.05) is 0 Å². The van der Waals surface area contributed by atoms with Gasteiger partial charge in [0.1, 0.15) is 11.1 Å². The molecule has 140 valence electrons. The van der Waals surface area contributed by atoms with Crippen molar-refractivity contribution < 1.29 is 50.5 Å². The first-order valence-corrected chi connectivity index (χ1v) is 6.61. The third-order valence-corrected chi connectivity index (χ3v) is 2.67. The Hall–Kier alpha value is -2.53. The Labute approximate surface area is 136 Å². The molecule has 0 saturated heterocycles. The van der Waals surface area contributed by atoms with Crippen molar-refractivity contribution in [2.45, 2.75) is 26.2 Å². The van der Waals surface area contributed by atoms with E-state index >= 15 is 0 Å². The second-order valence-electron chi connectivity index (χ2n) is 4.34. The molecular weight excluding hydrogens is 364 g/mol. The Balaban J connectivity index is 4.05. The molecule has 1 aromatic rings. The Morgan fingerprint density at radius 2 is 1.44 bits per heavy atom. The van der Waals surface area contributed by atoms with E-state index in [2.05, 4.69) is 14.5 Å². The van der Waals surface area contributed by atoms with Crippen molar-refractivity contribution in [2.24, 2.45) is 0 Å². The van der Waals surface area contributed by atoms with E-state index < -0.39 is 65.8 Å². The van der Waals surface area contributed by atoms with Gasteiger partial charge in [0.25, 0.3) is 0 Å². The summed E-state index contributed by atoms with van der Waals surface area (Å²) in [5.74, 6) is -5.37. The number of carbonyl (C=O) groups excluding carboxylic acids is 1. The highest BCUT2D eigenvalue weighted by molar-refractivity contribution is 6.01. The van der Waals surface area contributed by atoms with Gasteiger partial charge < -0.3 is 14.6 Å². The fourth-order valence-electron chi connectivity index (χ4n) is 1.85. The number of aromatic nitrogens is 1. The van der Waals surface area contributed by atoms with E-state index in [9.17, 15) is 35.9 Å². The van der Waals surface area contributed by atoms with Crippen LogP contribution in [0, 0.1) is 0 Å². The zero-order valence-corrected chi connectivity index (χ0v) is 12.7. The summed E-state index contributed by atoms with van der Waals surface area (Å²) in [6, 6.07) is 0. The predicted octanol–water partition coefficient (Wildman–Crippen LogP) is 3.39. The van der Waals surface area contributed by atoms with E-state index in [0.717, 1.165) is 0 Å². The van der Waals surface area contributed by atoms with Gasteiger partial charge in [0, 0.05) is 0 Å². The van der Waals surface area contributed by atoms with Gasteiger partial charge in [-0.05, 0) is 13.8 Å². The molecule has 12 heteroatoms. The summed E-state index contributed by atoms with van der Waals surface area (Å²) in [5, 5.41) is 9.01. The van der Waals surface area contributed by atoms with E-state index in [1.54, 1.807) is 0 Å². The average Bonchev–Trinajstić information content (AvgIpc) is 2.44. The minimum absolute atomic E-state index is 0.412. The van der Waals surface area contributed by atoms with Crippen LogP contribution in [-0.2, 0) is 17.1 Å². The molecule has 0 amide bonds. The molecule has 0 aliphatic carbocycles. The summed E-state index contributed by atoms with van der Waals surface area (Å²) >= 11 is 0. The summed E-state index contributed by atoms with van der Waals surface area (Å²) < 4.78 is 87.5. The second kappa shape index (κ2) is 7.15. The molecule has 1 N–H and O–H groups in total. The standard InChI is InChI=1S/C13H11F6NO5/c1-3-24-7-5(10(21)22)8(12(14,15)16)20-9(13(17,18)19)6(7)11(23)25-4-2/h3-4H2,1-2H3,(H,21,22). The molecule has 0 bridgehead atoms. The van der Waals surface area contributed by atoms with Gasteiger partial charge >= 0.3 is 24.3 Å². The lowest BCUT2D eigenvalue weighted by Gasteiger charge is -2.20. The zero-order valence-electron chi connectivity index (χ0n) is 12.7. The van der Waals surface area contributed by atoms with E-state index in [1.807, 2.05) is 0 Å². The van der Waals surface area contributed by atoms with Gasteiger partial charge in [-0.15, -0.1) is 0 Å². The molecule has 25 heavy (non-hydrogen) atoms. The molecular formula is C13H11F6NO5. The van der Waals surface area contributed by atoms with E-state index in [1.165, 1.54) is 13.8 Å². The van der Waals surface area contributed by atoms with Gasteiger partial charge in [0.15, 0.2) is 17.1 Å². The molecule has 1 rings (SSSR count). The molecule has 0 unspecified atom stereocenters. The van der Waals surface area contributed by atoms with Crippen molar-refractivity contribution in [3.63, 3.8) is 0 Å². The van der Waals surface area contributed by atoms with E-state index in [-0.39, 0.29) is 0 Å². The quantitative estimate of drug-likeness (QED) is 0.627. The first-order chi connectivity index (χ1) is 11.4. The number of pyridine rings is 1. The third kappa shape index (κ3) is 4.31. The van der Waals surface area contributed by atoms with Gasteiger partial charge in [-0.2, -0.15) is 26.3 Å². The van der Waals surface area contributed by atoms with E-state index in [4.69, 9.17) is 5.11 Å². The summed E-state index contributed by atoms with van der Waals surface area (Å²) in [5.41, 5.74) is -7.80. The van der Waals surface area contributed by atoms with E-state index in [0.29, 0.717) is 0 Å². The smallest absolute Gasteiger partial charge is 0.434 e. The van der Waals surface area contributed by atoms with Gasteiger partial charge in [0.05, 0.1) is 13.2 Å². The molecule has 0 aromatic carbocycles. The largest absolute Gasteiger partial charge is 0.492 e. The maximum atomic E-state index is 13.1. The summed E-state index contributed by atoms with van der Waals surface area (Å²) in [6.07, 6.45) is -11.0. The molecule has 0 radical (unpaired) electrons. The highest BCUT2D eigenvalue weighted by atomic mass is 19.4. The second-order valence-corrected chi connectivity index (χ2v) is 4.34. The fourth-order valence-corrected chi connectivity index (χ4v) is 1.85. The average molecular weight is 375 g/mol. The minimum Gasteiger partial charge on any atom is -0.492 e. The maximum Gasteiger partial charge on any atom is 0.434 e. The van der Waals surface area contributed by atoms with Crippen LogP contribution < -0.4 is 4.74 Å². The van der Waals surface area contributed by atoms with Crippen LogP contribution in [-0.4, -0.2) is 35.2 Å². The van der Waals surface area contributed by atoms with Crippen LogP contribution in [0.15, 0.2) is 0 Å². The molecule has 0 aliphatic heterocycles. The predicted molar refractivity (Wildman–Crippen MR) is 68.3 cm³/mol. The van der Waals surface area contributed by atoms with Crippen molar-refractivity contribution >= 4 is 11.9 Å². The van der Waals surface area contributed by atoms with Crippen molar-refractivity contribution in [2.75, 3.05) is 13.2 Å². The van der Waals surface area contributed by atoms with Crippen molar-refractivity contribution in [3.8, 4) is 5.75 Å². The molecule has 0 saturated carbocycles. The number of halogens is 6. The SMILES string of the molecule is CCOC(=O)c1c(C(F)(F)F)nc(C(F)(F)F)c(C(=O)O)c1OCC. The third-order valence-electron chi connectivity index (χ3n) is 2.67. The number of carbonyl (C=O) groups is 2. The monoisotopic (exact) mass is 375 g/mol. The molecule has 6 nitrogen and oxygen atoms in total. The van der Waals surface area contributed by atoms with Crippen LogP contribution in [0.3, 0.4) is 0 Å². The summed E-state index contributed by atoms with van der Waals surface area (Å²) in [7, 11) is 0. The van der Waals surface area contributed by atoms with Crippen molar-refractivity contribution in [3.05, 3.63) is 22.5 Å². The topological polar surface area (TPSA) is 85.7 Å². The Kier molecular flexibility index (Phi) is 5.87. The molecule has 1 heterocycles. The number of carboxylic acid groups (broad SMARTS) is 1. The number of esters is 1. The van der Waals surface area contributed by atoms with Gasteiger partial charge in [-0.3, -0.25) is 0 Å². The summed E-state index contributed by atoms with van der Waals surface area (Å²) in [6.45, 7) is 1.50. The number of rotatable bonds is 5. The highest BCUT2D eigenvalue weighted by Crippen LogP contribution is 2.42. The zero-order chi connectivity index (χ0) is 19.6. The van der Waals surface area contributed by atoms with Crippen molar-refractivity contribution in [1.82, 2.24) is 4.98 Å². The van der Waals surface area contributed by atoms with Crippen LogP contribution >= 0.6 is 0 Å². The number of hydrogen-bond acceptors (Lipinski definition) is 5. The highest BCUT2D eigenvalue weighted by Gasteiger charge is 2.48. The molecule has 0 fully saturated rings. The number of aromatic carboxylic acids is 1. The fraction of sp³-hybridized carbons (Fsp3) is 0.462. The number of alkyl halides is 6. The normalized spacial score (nSPS) is 12.0. The molecule has 0 atom stereocenters. The van der Waals surface area contributed by atoms with Crippen LogP contribution in [0.25, 0.3) is 0 Å². The lowest BCUT2D eigenvalue weighted by Crippen LogP contribution is -2.26. The number of nitrogens with zero attached hydrogens (tertiary/aromatic N) is 1. The number of carboxylic acids is 1. The van der Waals surface area contributed by atoms with Crippen LogP contribution in [0.5, 0.6) is 5.75 Å². The van der Waals surface area contributed by atoms with Crippen LogP contribution in [0.2, 0.25) is 0 Å². The number of hydrogen-bond donors (Lipinski definition) is 1. The lowest BCUT2D eigenvalue weighted by atomic mass is 10.0. The van der Waals surface area contributed by atoms with Crippen LogP contribution in [0.1, 0.15) is 46.0 Å². The Bertz CT molecular complexity index is 683. The van der Waals surface area contributed by atoms with Gasteiger partial charge in [0.2, 0.25) is 0 Å². The Morgan fingerprint density at radius 3 is 1.80 bits per heavy atom. The molecule has 1 aromatic heterocycles. The first kappa shape index (κ1) is 20.5. The van der Waals surface area contributed by atoms with Crippen molar-refractivity contribution in [1.29, 1.82) is 0 Å². The maximum absolute atomic E-state index is 13.1. The van der Waals surface area contributed by atoms with Crippen LogP contribution in [0.4, 0.5) is 26.3 Å². The minimum atomic E-state index is -5.53. The molecule has 0 spiro atoms. The first-order valence-electron chi connectivity index (χ1n) is 6.61. The molecule has 0 aliphatic rings. The summed E-state index contributed by atoms with van der Waals surface area (Å²) in [4.78, 5) is 25.4.